The second kappa shape index (κ2) is 7.66. The normalized spacial score (nSPS) is 21.1. The lowest BCUT2D eigenvalue weighted by molar-refractivity contribution is -0.143. The third-order valence-electron chi connectivity index (χ3n) is 6.13. The number of nitrogens with one attached hydrogen (secondary N) is 1. The maximum atomic E-state index is 13.6. The van der Waals surface area contributed by atoms with Crippen LogP contribution in [0.5, 0.6) is 0 Å². The molecule has 2 aromatic rings. The molecule has 1 aliphatic carbocycles. The van der Waals surface area contributed by atoms with E-state index in [1.165, 1.54) is 22.5 Å². The summed E-state index contributed by atoms with van der Waals surface area (Å²) < 4.78 is 0. The first kappa shape index (κ1) is 19.1. The third-order valence-corrected chi connectivity index (χ3v) is 6.82. The van der Waals surface area contributed by atoms with Gasteiger partial charge in [0.1, 0.15) is 0 Å². The summed E-state index contributed by atoms with van der Waals surface area (Å²) in [4.78, 5) is 32.3. The number of nitrogens with zero attached hydrogens (tertiary/aromatic N) is 2. The molecule has 1 N–H and O–H groups in total. The van der Waals surface area contributed by atoms with Gasteiger partial charge >= 0.3 is 0 Å². The first-order valence-corrected chi connectivity index (χ1v) is 10.9. The van der Waals surface area contributed by atoms with Crippen LogP contribution in [0.3, 0.4) is 0 Å². The van der Waals surface area contributed by atoms with Gasteiger partial charge in [0.2, 0.25) is 11.8 Å². The third kappa shape index (κ3) is 3.58. The summed E-state index contributed by atoms with van der Waals surface area (Å²) in [6.07, 6.45) is 6.26. The Morgan fingerprint density at radius 1 is 1.18 bits per heavy atom. The number of hydrogen-bond acceptors (Lipinski definition) is 4. The summed E-state index contributed by atoms with van der Waals surface area (Å²) >= 11 is 1.42. The van der Waals surface area contributed by atoms with Gasteiger partial charge in [0.15, 0.2) is 5.13 Å². The Balaban J connectivity index is 1.51. The van der Waals surface area contributed by atoms with Crippen LogP contribution in [0.15, 0.2) is 29.8 Å². The highest BCUT2D eigenvalue weighted by atomic mass is 32.1. The second-order valence-electron chi connectivity index (χ2n) is 8.23. The molecule has 0 radical (unpaired) electrons. The van der Waals surface area contributed by atoms with E-state index >= 15 is 0 Å². The van der Waals surface area contributed by atoms with Gasteiger partial charge in [0, 0.05) is 24.7 Å². The number of hydrogen-bond donors (Lipinski definition) is 1. The van der Waals surface area contributed by atoms with Crippen molar-refractivity contribution in [1.29, 1.82) is 0 Å². The van der Waals surface area contributed by atoms with Gasteiger partial charge in [0.25, 0.3) is 0 Å². The van der Waals surface area contributed by atoms with Crippen molar-refractivity contribution < 1.29 is 9.59 Å². The average molecular weight is 398 g/mol. The number of piperidine rings is 1. The number of carbonyl (C=O) groups excluding carboxylic acids is 2. The van der Waals surface area contributed by atoms with E-state index in [0.717, 1.165) is 44.2 Å². The molecule has 1 aromatic carbocycles. The fraction of sp³-hybridized carbons (Fsp3) is 0.500. The molecule has 0 unspecified atom stereocenters. The lowest BCUT2D eigenvalue weighted by Gasteiger charge is -2.46. The Kier molecular flexibility index (Phi) is 5.23. The maximum Gasteiger partial charge on any atom is 0.233 e. The number of aromatic nitrogens is 1. The standard InChI is InChI=1S/C22H27N3O2S/c1-15-11-16(2)13-18(12-15)22(6-4-7-22)20(27)25-9-3-5-17(14-25)19(26)24-21-23-8-10-28-21/h8,10-13,17H,3-7,9,14H2,1-2H3,(H,23,24,26)/t17-/m1/s1. The molecule has 0 spiro atoms. The number of benzene rings is 1. The SMILES string of the molecule is Cc1cc(C)cc(C2(C(=O)N3CCC[C@@H](C(=O)Nc4nccs4)C3)CCC2)c1. The highest BCUT2D eigenvalue weighted by Gasteiger charge is 2.48. The average Bonchev–Trinajstić information content (AvgIpc) is 3.13. The predicted octanol–water partition coefficient (Wildman–Crippen LogP) is 4.06. The number of likely N-dealkylation sites (tertiary alicyclic amines) is 1. The molecule has 1 atom stereocenters. The summed E-state index contributed by atoms with van der Waals surface area (Å²) in [7, 11) is 0. The first-order chi connectivity index (χ1) is 13.5. The summed E-state index contributed by atoms with van der Waals surface area (Å²) in [5.74, 6) is 0.00924. The number of anilines is 1. The lowest BCUT2D eigenvalue weighted by Crippen LogP contribution is -2.54. The molecule has 6 heteroatoms. The highest BCUT2D eigenvalue weighted by Crippen LogP contribution is 2.46. The molecule has 1 saturated carbocycles. The number of aryl methyl sites for hydroxylation is 2. The van der Waals surface area contributed by atoms with Crippen LogP contribution in [0.4, 0.5) is 5.13 Å². The fourth-order valence-electron chi connectivity index (χ4n) is 4.58. The summed E-state index contributed by atoms with van der Waals surface area (Å²) in [5.41, 5.74) is 3.15. The highest BCUT2D eigenvalue weighted by molar-refractivity contribution is 7.13. The topological polar surface area (TPSA) is 62.3 Å². The van der Waals surface area contributed by atoms with Gasteiger partial charge in [-0.1, -0.05) is 35.7 Å². The molecule has 2 amide bonds. The zero-order valence-electron chi connectivity index (χ0n) is 16.5. The minimum Gasteiger partial charge on any atom is -0.341 e. The summed E-state index contributed by atoms with van der Waals surface area (Å²) in [5, 5.41) is 5.36. The van der Waals surface area contributed by atoms with Gasteiger partial charge < -0.3 is 10.2 Å². The van der Waals surface area contributed by atoms with Crippen molar-refractivity contribution in [2.45, 2.75) is 51.4 Å². The van der Waals surface area contributed by atoms with E-state index in [9.17, 15) is 9.59 Å². The molecule has 1 aliphatic heterocycles. The van der Waals surface area contributed by atoms with Crippen LogP contribution in [0.1, 0.15) is 48.8 Å². The lowest BCUT2D eigenvalue weighted by atomic mass is 9.63. The smallest absolute Gasteiger partial charge is 0.233 e. The van der Waals surface area contributed by atoms with Crippen LogP contribution >= 0.6 is 11.3 Å². The van der Waals surface area contributed by atoms with E-state index in [1.54, 1.807) is 6.20 Å². The van der Waals surface area contributed by atoms with Crippen LogP contribution < -0.4 is 5.32 Å². The maximum absolute atomic E-state index is 13.6. The van der Waals surface area contributed by atoms with Gasteiger partial charge in [-0.3, -0.25) is 9.59 Å². The van der Waals surface area contributed by atoms with Crippen molar-refractivity contribution >= 4 is 28.3 Å². The minimum absolute atomic E-state index is 0.0264. The minimum atomic E-state index is -0.398. The van der Waals surface area contributed by atoms with E-state index in [-0.39, 0.29) is 17.7 Å². The number of thiazole rings is 1. The Labute approximate surface area is 170 Å². The number of rotatable bonds is 4. The Bertz CT molecular complexity index is 854. The molecule has 2 heterocycles. The van der Waals surface area contributed by atoms with E-state index in [4.69, 9.17) is 0 Å². The first-order valence-electron chi connectivity index (χ1n) is 10.1. The molecule has 1 saturated heterocycles. The van der Waals surface area contributed by atoms with Crippen LogP contribution in [0.2, 0.25) is 0 Å². The zero-order valence-corrected chi connectivity index (χ0v) is 17.3. The molecule has 1 aromatic heterocycles. The predicted molar refractivity (Wildman–Crippen MR) is 111 cm³/mol. The zero-order chi connectivity index (χ0) is 19.7. The quantitative estimate of drug-likeness (QED) is 0.846. The van der Waals surface area contributed by atoms with Crippen LogP contribution in [-0.2, 0) is 15.0 Å². The van der Waals surface area contributed by atoms with Crippen molar-refractivity contribution in [1.82, 2.24) is 9.88 Å². The Morgan fingerprint density at radius 2 is 1.93 bits per heavy atom. The van der Waals surface area contributed by atoms with Crippen LogP contribution in [0.25, 0.3) is 0 Å². The van der Waals surface area contributed by atoms with E-state index < -0.39 is 5.41 Å². The van der Waals surface area contributed by atoms with E-state index in [1.807, 2.05) is 10.3 Å². The molecule has 2 fully saturated rings. The molecular weight excluding hydrogens is 370 g/mol. The Hall–Kier alpha value is -2.21. The van der Waals surface area contributed by atoms with Crippen molar-refractivity contribution in [2.75, 3.05) is 18.4 Å². The summed E-state index contributed by atoms with van der Waals surface area (Å²) in [6, 6.07) is 6.49. The van der Waals surface area contributed by atoms with Crippen LogP contribution in [-0.4, -0.2) is 34.8 Å². The monoisotopic (exact) mass is 397 g/mol. The molecule has 28 heavy (non-hydrogen) atoms. The van der Waals surface area contributed by atoms with Gasteiger partial charge in [-0.25, -0.2) is 4.98 Å². The van der Waals surface area contributed by atoms with Gasteiger partial charge in [-0.05, 0) is 45.1 Å². The molecule has 4 rings (SSSR count). The van der Waals surface area contributed by atoms with Crippen LogP contribution in [0, 0.1) is 19.8 Å². The second-order valence-corrected chi connectivity index (χ2v) is 9.12. The molecular formula is C22H27N3O2S. The molecule has 2 aliphatic rings. The van der Waals surface area contributed by atoms with Crippen molar-refractivity contribution in [3.8, 4) is 0 Å². The van der Waals surface area contributed by atoms with Crippen molar-refractivity contribution in [3.63, 3.8) is 0 Å². The van der Waals surface area contributed by atoms with Gasteiger partial charge in [-0.15, -0.1) is 11.3 Å². The van der Waals surface area contributed by atoms with Gasteiger partial charge in [0.05, 0.1) is 11.3 Å². The van der Waals surface area contributed by atoms with E-state index in [2.05, 4.69) is 42.3 Å². The molecule has 0 bridgehead atoms. The van der Waals surface area contributed by atoms with E-state index in [0.29, 0.717) is 11.7 Å². The molecule has 5 nitrogen and oxygen atoms in total. The Morgan fingerprint density at radius 3 is 2.54 bits per heavy atom. The number of amides is 2. The fourth-order valence-corrected chi connectivity index (χ4v) is 5.11. The number of carbonyl (C=O) groups is 2. The molecule has 148 valence electrons. The van der Waals surface area contributed by atoms with Crippen molar-refractivity contribution in [2.24, 2.45) is 5.92 Å². The van der Waals surface area contributed by atoms with Gasteiger partial charge in [-0.2, -0.15) is 0 Å². The summed E-state index contributed by atoms with van der Waals surface area (Å²) in [6.45, 7) is 5.43. The van der Waals surface area contributed by atoms with Crippen molar-refractivity contribution in [3.05, 3.63) is 46.5 Å². The largest absolute Gasteiger partial charge is 0.341 e.